The third-order valence-corrected chi connectivity index (χ3v) is 3.40. The predicted octanol–water partition coefficient (Wildman–Crippen LogP) is 1.17. The average molecular weight is 297 g/mol. The van der Waals surface area contributed by atoms with Crippen molar-refractivity contribution in [3.8, 4) is 0 Å². The minimum Gasteiger partial charge on any atom is -0.334 e. The highest BCUT2D eigenvalue weighted by molar-refractivity contribution is 6.30. The van der Waals surface area contributed by atoms with Crippen molar-refractivity contribution in [2.75, 3.05) is 40.3 Å². The Hall–Kier alpha value is -1.82. The zero-order chi connectivity index (χ0) is 14.7. The summed E-state index contributed by atoms with van der Waals surface area (Å²) in [6, 6.07) is 3.16. The second-order valence-electron chi connectivity index (χ2n) is 4.82. The van der Waals surface area contributed by atoms with Crippen LogP contribution >= 0.6 is 11.6 Å². The summed E-state index contributed by atoms with van der Waals surface area (Å²) < 4.78 is 0. The number of hydrogen-bond acceptors (Lipinski definition) is 3. The summed E-state index contributed by atoms with van der Waals surface area (Å²) in [5, 5.41) is 0.491. The number of carbonyl (C=O) groups is 2. The fourth-order valence-electron chi connectivity index (χ4n) is 2.07. The lowest BCUT2D eigenvalue weighted by Crippen LogP contribution is -2.53. The molecule has 0 atom stereocenters. The number of amides is 3. The van der Waals surface area contributed by atoms with E-state index in [-0.39, 0.29) is 11.9 Å². The Labute approximate surface area is 122 Å². The summed E-state index contributed by atoms with van der Waals surface area (Å²) >= 11 is 5.86. The minimum atomic E-state index is -0.149. The fraction of sp³-hybridized carbons (Fsp3) is 0.462. The molecule has 0 unspecified atom stereocenters. The van der Waals surface area contributed by atoms with Crippen molar-refractivity contribution in [2.24, 2.45) is 0 Å². The van der Waals surface area contributed by atoms with Crippen LogP contribution < -0.4 is 0 Å². The van der Waals surface area contributed by atoms with Crippen LogP contribution in [0, 0.1) is 0 Å². The Morgan fingerprint density at radius 1 is 1.20 bits per heavy atom. The molecule has 0 N–H and O–H groups in total. The molecule has 0 bridgehead atoms. The first-order valence-corrected chi connectivity index (χ1v) is 6.74. The van der Waals surface area contributed by atoms with Gasteiger partial charge in [-0.1, -0.05) is 11.6 Å². The average Bonchev–Trinajstić information content (AvgIpc) is 2.46. The van der Waals surface area contributed by atoms with Crippen LogP contribution in [0.3, 0.4) is 0 Å². The molecule has 108 valence electrons. The van der Waals surface area contributed by atoms with Crippen LogP contribution in [0.5, 0.6) is 0 Å². The second-order valence-corrected chi connectivity index (χ2v) is 5.25. The van der Waals surface area contributed by atoms with Gasteiger partial charge < -0.3 is 14.7 Å². The molecule has 1 aliphatic heterocycles. The summed E-state index contributed by atoms with van der Waals surface area (Å²) in [5.74, 6) is -0.149. The van der Waals surface area contributed by atoms with Crippen LogP contribution in [-0.4, -0.2) is 71.9 Å². The first kappa shape index (κ1) is 14.6. The first-order valence-electron chi connectivity index (χ1n) is 6.36. The molecule has 1 aromatic rings. The number of pyridine rings is 1. The van der Waals surface area contributed by atoms with Crippen molar-refractivity contribution in [1.29, 1.82) is 0 Å². The third-order valence-electron chi connectivity index (χ3n) is 3.16. The van der Waals surface area contributed by atoms with Gasteiger partial charge in [0.2, 0.25) is 0 Å². The Balaban J connectivity index is 1.97. The predicted molar refractivity (Wildman–Crippen MR) is 75.8 cm³/mol. The number of hydrogen-bond donors (Lipinski definition) is 0. The van der Waals surface area contributed by atoms with Crippen LogP contribution in [0.4, 0.5) is 4.79 Å². The number of rotatable bonds is 1. The van der Waals surface area contributed by atoms with Gasteiger partial charge in [0.15, 0.2) is 0 Å². The van der Waals surface area contributed by atoms with E-state index in [2.05, 4.69) is 4.98 Å². The number of nitrogens with zero attached hydrogens (tertiary/aromatic N) is 4. The maximum atomic E-state index is 12.3. The lowest BCUT2D eigenvalue weighted by Gasteiger charge is -2.35. The third kappa shape index (κ3) is 3.19. The zero-order valence-electron chi connectivity index (χ0n) is 11.5. The van der Waals surface area contributed by atoms with E-state index < -0.39 is 0 Å². The quantitative estimate of drug-likeness (QED) is 0.782. The molecular formula is C13H17ClN4O2. The molecule has 1 aromatic heterocycles. The highest BCUT2D eigenvalue weighted by Crippen LogP contribution is 2.12. The number of carbonyl (C=O) groups excluding carboxylic acids is 2. The Morgan fingerprint density at radius 3 is 2.35 bits per heavy atom. The van der Waals surface area contributed by atoms with Crippen LogP contribution in [0.15, 0.2) is 18.3 Å². The molecule has 1 saturated heterocycles. The van der Waals surface area contributed by atoms with Gasteiger partial charge in [-0.15, -0.1) is 0 Å². The van der Waals surface area contributed by atoms with Crippen molar-refractivity contribution in [1.82, 2.24) is 19.7 Å². The summed E-state index contributed by atoms with van der Waals surface area (Å²) in [7, 11) is 3.44. The zero-order valence-corrected chi connectivity index (χ0v) is 12.3. The van der Waals surface area contributed by atoms with Crippen molar-refractivity contribution >= 4 is 23.5 Å². The maximum absolute atomic E-state index is 12.3. The van der Waals surface area contributed by atoms with Gasteiger partial charge in [0.25, 0.3) is 5.91 Å². The van der Waals surface area contributed by atoms with Gasteiger partial charge in [-0.25, -0.2) is 4.79 Å². The summed E-state index contributed by atoms with van der Waals surface area (Å²) in [6.45, 7) is 2.08. The van der Waals surface area contributed by atoms with Gasteiger partial charge in [-0.2, -0.15) is 0 Å². The number of piperazine rings is 1. The smallest absolute Gasteiger partial charge is 0.319 e. The molecule has 0 aliphatic carbocycles. The Kier molecular flexibility index (Phi) is 4.44. The van der Waals surface area contributed by atoms with E-state index in [1.807, 2.05) is 0 Å². The van der Waals surface area contributed by atoms with Crippen LogP contribution in [0.25, 0.3) is 0 Å². The lowest BCUT2D eigenvalue weighted by atomic mass is 10.2. The standard InChI is InChI=1S/C13H17ClN4O2/c1-16(2)13(20)18-7-5-17(6-8-18)12(19)11-9-10(14)3-4-15-11/h3-4,9H,5-8H2,1-2H3. The van der Waals surface area contributed by atoms with Crippen molar-refractivity contribution in [3.63, 3.8) is 0 Å². The molecular weight excluding hydrogens is 280 g/mol. The molecule has 6 nitrogen and oxygen atoms in total. The highest BCUT2D eigenvalue weighted by atomic mass is 35.5. The topological polar surface area (TPSA) is 56.8 Å². The SMILES string of the molecule is CN(C)C(=O)N1CCN(C(=O)c2cc(Cl)ccn2)CC1. The monoisotopic (exact) mass is 296 g/mol. The van der Waals surface area contributed by atoms with E-state index in [1.165, 1.54) is 11.1 Å². The normalized spacial score (nSPS) is 15.2. The molecule has 2 rings (SSSR count). The van der Waals surface area contributed by atoms with E-state index in [4.69, 9.17) is 11.6 Å². The van der Waals surface area contributed by atoms with Crippen molar-refractivity contribution < 1.29 is 9.59 Å². The summed E-state index contributed by atoms with van der Waals surface area (Å²) in [5.41, 5.74) is 0.338. The van der Waals surface area contributed by atoms with E-state index in [0.29, 0.717) is 36.9 Å². The maximum Gasteiger partial charge on any atom is 0.319 e. The first-order chi connectivity index (χ1) is 9.49. The fourth-order valence-corrected chi connectivity index (χ4v) is 2.23. The Morgan fingerprint density at radius 2 is 1.80 bits per heavy atom. The van der Waals surface area contributed by atoms with Gasteiger partial charge in [0, 0.05) is 51.5 Å². The molecule has 20 heavy (non-hydrogen) atoms. The molecule has 3 amide bonds. The molecule has 1 fully saturated rings. The molecule has 0 spiro atoms. The van der Waals surface area contributed by atoms with Crippen molar-refractivity contribution in [2.45, 2.75) is 0 Å². The highest BCUT2D eigenvalue weighted by Gasteiger charge is 2.26. The van der Waals surface area contributed by atoms with E-state index >= 15 is 0 Å². The van der Waals surface area contributed by atoms with Gasteiger partial charge >= 0.3 is 6.03 Å². The van der Waals surface area contributed by atoms with Crippen molar-refractivity contribution in [3.05, 3.63) is 29.0 Å². The molecule has 1 aliphatic rings. The minimum absolute atomic E-state index is 0.0296. The van der Waals surface area contributed by atoms with Crippen LogP contribution in [-0.2, 0) is 0 Å². The van der Waals surface area contributed by atoms with Gasteiger partial charge in [-0.3, -0.25) is 9.78 Å². The summed E-state index contributed by atoms with van der Waals surface area (Å²) in [6.07, 6.45) is 1.52. The molecule has 0 aromatic carbocycles. The van der Waals surface area contributed by atoms with E-state index in [9.17, 15) is 9.59 Å². The number of halogens is 1. The molecule has 0 saturated carbocycles. The van der Waals surface area contributed by atoms with Gasteiger partial charge in [0.1, 0.15) is 5.69 Å². The largest absolute Gasteiger partial charge is 0.334 e. The molecule has 2 heterocycles. The Bertz CT molecular complexity index is 513. The van der Waals surface area contributed by atoms with E-state index in [1.54, 1.807) is 36.0 Å². The van der Waals surface area contributed by atoms with Crippen LogP contribution in [0.1, 0.15) is 10.5 Å². The summed E-state index contributed by atoms with van der Waals surface area (Å²) in [4.78, 5) is 33.1. The lowest BCUT2D eigenvalue weighted by molar-refractivity contribution is 0.0644. The second kappa shape index (κ2) is 6.09. The molecule has 7 heteroatoms. The molecule has 0 radical (unpaired) electrons. The van der Waals surface area contributed by atoms with Gasteiger partial charge in [0.05, 0.1) is 0 Å². The van der Waals surface area contributed by atoms with Crippen LogP contribution in [0.2, 0.25) is 5.02 Å². The van der Waals surface area contributed by atoms with Gasteiger partial charge in [-0.05, 0) is 12.1 Å². The van der Waals surface area contributed by atoms with E-state index in [0.717, 1.165) is 0 Å². The number of urea groups is 1. The number of aromatic nitrogens is 1.